The molecule has 2 heterocycles. The summed E-state index contributed by atoms with van der Waals surface area (Å²) in [6.45, 7) is 2.08. The summed E-state index contributed by atoms with van der Waals surface area (Å²) < 4.78 is 6.83. The Morgan fingerprint density at radius 1 is 1.23 bits per heavy atom. The summed E-state index contributed by atoms with van der Waals surface area (Å²) in [6.07, 6.45) is 1.42. The summed E-state index contributed by atoms with van der Waals surface area (Å²) in [5.74, 6) is 0.185. The monoisotopic (exact) mass is 348 g/mol. The fourth-order valence-corrected chi connectivity index (χ4v) is 2.82. The second-order valence-electron chi connectivity index (χ2n) is 5.92. The molecule has 0 bridgehead atoms. The molecule has 0 saturated carbocycles. The van der Waals surface area contributed by atoms with Gasteiger partial charge in [0.05, 0.1) is 6.54 Å². The molecule has 0 unspecified atom stereocenters. The van der Waals surface area contributed by atoms with Gasteiger partial charge < -0.3 is 14.7 Å². The average Bonchev–Trinajstić information content (AvgIpc) is 3.17. The number of nitrogens with zero attached hydrogens (tertiary/aromatic N) is 2. The SMILES string of the molecule is Cc1nc2cc(NC(=O)c3c[nH]c(=O)n3Cc3ccccc3)ccc2o1. The minimum absolute atomic E-state index is 0.260. The summed E-state index contributed by atoms with van der Waals surface area (Å²) in [7, 11) is 0. The molecule has 4 aromatic rings. The highest BCUT2D eigenvalue weighted by molar-refractivity contribution is 6.03. The van der Waals surface area contributed by atoms with Gasteiger partial charge in [-0.25, -0.2) is 9.78 Å². The van der Waals surface area contributed by atoms with Crippen LogP contribution in [0.25, 0.3) is 11.1 Å². The van der Waals surface area contributed by atoms with E-state index < -0.39 is 0 Å². The summed E-state index contributed by atoms with van der Waals surface area (Å²) in [4.78, 5) is 31.6. The smallest absolute Gasteiger partial charge is 0.326 e. The van der Waals surface area contributed by atoms with Crippen molar-refractivity contribution in [2.24, 2.45) is 0 Å². The van der Waals surface area contributed by atoms with Gasteiger partial charge in [-0.1, -0.05) is 30.3 Å². The lowest BCUT2D eigenvalue weighted by molar-refractivity contribution is 0.101. The molecule has 0 atom stereocenters. The van der Waals surface area contributed by atoms with Crippen LogP contribution in [-0.2, 0) is 6.54 Å². The van der Waals surface area contributed by atoms with Crippen molar-refractivity contribution in [2.75, 3.05) is 5.32 Å². The Kier molecular flexibility index (Phi) is 3.89. The van der Waals surface area contributed by atoms with Gasteiger partial charge in [-0.3, -0.25) is 9.36 Å². The van der Waals surface area contributed by atoms with E-state index in [4.69, 9.17) is 4.42 Å². The number of oxazole rings is 1. The van der Waals surface area contributed by atoms with Crippen molar-refractivity contribution in [3.05, 3.63) is 82.4 Å². The predicted molar refractivity (Wildman–Crippen MR) is 97.3 cm³/mol. The number of fused-ring (bicyclic) bond motifs is 1. The average molecular weight is 348 g/mol. The zero-order chi connectivity index (χ0) is 18.1. The summed E-state index contributed by atoms with van der Waals surface area (Å²) in [5, 5.41) is 2.80. The summed E-state index contributed by atoms with van der Waals surface area (Å²) in [6, 6.07) is 14.7. The van der Waals surface area contributed by atoms with Crippen molar-refractivity contribution in [3.8, 4) is 0 Å². The maximum Gasteiger partial charge on any atom is 0.326 e. The second-order valence-corrected chi connectivity index (χ2v) is 5.92. The van der Waals surface area contributed by atoms with E-state index in [1.165, 1.54) is 10.8 Å². The molecule has 0 fully saturated rings. The Morgan fingerprint density at radius 3 is 2.85 bits per heavy atom. The van der Waals surface area contributed by atoms with Gasteiger partial charge in [0.1, 0.15) is 11.2 Å². The van der Waals surface area contributed by atoms with E-state index in [0.717, 1.165) is 5.56 Å². The van der Waals surface area contributed by atoms with Crippen LogP contribution in [0.4, 0.5) is 5.69 Å². The fraction of sp³-hybridized carbons (Fsp3) is 0.105. The van der Waals surface area contributed by atoms with E-state index in [1.807, 2.05) is 30.3 Å². The first-order valence-electron chi connectivity index (χ1n) is 8.11. The van der Waals surface area contributed by atoms with E-state index in [9.17, 15) is 9.59 Å². The topological polar surface area (TPSA) is 92.9 Å². The van der Waals surface area contributed by atoms with Gasteiger partial charge in [0.2, 0.25) is 0 Å². The number of hydrogen-bond acceptors (Lipinski definition) is 4. The number of hydrogen-bond donors (Lipinski definition) is 2. The van der Waals surface area contributed by atoms with Crippen LogP contribution in [0, 0.1) is 6.92 Å². The fourth-order valence-electron chi connectivity index (χ4n) is 2.82. The number of rotatable bonds is 4. The second kappa shape index (κ2) is 6.36. The third kappa shape index (κ3) is 3.02. The Hall–Kier alpha value is -3.61. The first-order valence-corrected chi connectivity index (χ1v) is 8.11. The number of imidazole rings is 1. The standard InChI is InChI=1S/C19H16N4O3/c1-12-21-15-9-14(7-8-17(15)26-12)22-18(24)16-10-20-19(25)23(16)11-13-5-3-2-4-6-13/h2-10H,11H2,1H3,(H,20,25)(H,22,24). The Balaban J connectivity index is 1.60. The molecule has 7 heteroatoms. The third-order valence-electron chi connectivity index (χ3n) is 4.04. The van der Waals surface area contributed by atoms with Crippen molar-refractivity contribution in [1.29, 1.82) is 0 Å². The molecular weight excluding hydrogens is 332 g/mol. The zero-order valence-electron chi connectivity index (χ0n) is 14.0. The molecule has 2 aromatic heterocycles. The molecule has 0 aliphatic carbocycles. The molecule has 0 aliphatic heterocycles. The number of H-pyrrole nitrogens is 1. The van der Waals surface area contributed by atoms with Crippen LogP contribution >= 0.6 is 0 Å². The first-order chi connectivity index (χ1) is 12.6. The minimum Gasteiger partial charge on any atom is -0.441 e. The lowest BCUT2D eigenvalue weighted by atomic mass is 10.2. The van der Waals surface area contributed by atoms with Crippen molar-refractivity contribution in [1.82, 2.24) is 14.5 Å². The predicted octanol–water partition coefficient (Wildman–Crippen LogP) is 2.93. The number of amides is 1. The van der Waals surface area contributed by atoms with Crippen molar-refractivity contribution >= 4 is 22.7 Å². The maximum absolute atomic E-state index is 12.6. The van der Waals surface area contributed by atoms with Crippen molar-refractivity contribution in [2.45, 2.75) is 13.5 Å². The molecule has 1 amide bonds. The van der Waals surface area contributed by atoms with Crippen LogP contribution in [0.3, 0.4) is 0 Å². The van der Waals surface area contributed by atoms with Crippen LogP contribution in [0.15, 0.2) is 63.9 Å². The molecule has 0 saturated heterocycles. The highest BCUT2D eigenvalue weighted by Crippen LogP contribution is 2.20. The normalized spacial score (nSPS) is 11.0. The number of nitrogens with one attached hydrogen (secondary N) is 2. The lowest BCUT2D eigenvalue weighted by Crippen LogP contribution is -2.24. The van der Waals surface area contributed by atoms with Gasteiger partial charge in [0.25, 0.3) is 5.91 Å². The van der Waals surface area contributed by atoms with Gasteiger partial charge in [0.15, 0.2) is 11.5 Å². The van der Waals surface area contributed by atoms with Gasteiger partial charge in [-0.05, 0) is 23.8 Å². The number of aromatic amines is 1. The molecule has 0 radical (unpaired) electrons. The molecule has 26 heavy (non-hydrogen) atoms. The van der Waals surface area contributed by atoms with Gasteiger partial charge in [-0.2, -0.15) is 0 Å². The third-order valence-corrected chi connectivity index (χ3v) is 4.04. The Morgan fingerprint density at radius 2 is 2.04 bits per heavy atom. The summed E-state index contributed by atoms with van der Waals surface area (Å²) in [5.41, 5.74) is 2.76. The number of carbonyl (C=O) groups excluding carboxylic acids is 1. The quantitative estimate of drug-likeness (QED) is 0.593. The Bertz CT molecular complexity index is 1140. The molecule has 2 N–H and O–H groups in total. The molecule has 4 rings (SSSR count). The van der Waals surface area contributed by atoms with Gasteiger partial charge in [-0.15, -0.1) is 0 Å². The molecular formula is C19H16N4O3. The van der Waals surface area contributed by atoms with Gasteiger partial charge in [0, 0.05) is 18.8 Å². The van der Waals surface area contributed by atoms with E-state index in [-0.39, 0.29) is 17.3 Å². The summed E-state index contributed by atoms with van der Waals surface area (Å²) >= 11 is 0. The van der Waals surface area contributed by atoms with E-state index >= 15 is 0 Å². The van der Waals surface area contributed by atoms with Crippen LogP contribution in [0.5, 0.6) is 0 Å². The van der Waals surface area contributed by atoms with E-state index in [2.05, 4.69) is 15.3 Å². The number of carbonyl (C=O) groups is 1. The number of benzene rings is 2. The highest BCUT2D eigenvalue weighted by Gasteiger charge is 2.15. The largest absolute Gasteiger partial charge is 0.441 e. The molecule has 0 aliphatic rings. The molecule has 7 nitrogen and oxygen atoms in total. The number of aryl methyl sites for hydroxylation is 1. The van der Waals surface area contributed by atoms with Crippen LogP contribution in [0.1, 0.15) is 21.9 Å². The van der Waals surface area contributed by atoms with Crippen LogP contribution < -0.4 is 11.0 Å². The number of aromatic nitrogens is 3. The van der Waals surface area contributed by atoms with E-state index in [0.29, 0.717) is 29.2 Å². The first kappa shape index (κ1) is 15.9. The maximum atomic E-state index is 12.6. The Labute approximate surface area is 148 Å². The van der Waals surface area contributed by atoms with Gasteiger partial charge >= 0.3 is 5.69 Å². The van der Waals surface area contributed by atoms with Crippen LogP contribution in [-0.4, -0.2) is 20.4 Å². The van der Waals surface area contributed by atoms with Crippen molar-refractivity contribution in [3.63, 3.8) is 0 Å². The molecule has 130 valence electrons. The molecule has 2 aromatic carbocycles. The highest BCUT2D eigenvalue weighted by atomic mass is 16.3. The van der Waals surface area contributed by atoms with E-state index in [1.54, 1.807) is 25.1 Å². The minimum atomic E-state index is -0.376. The molecule has 0 spiro atoms. The zero-order valence-corrected chi connectivity index (χ0v) is 14.0. The van der Waals surface area contributed by atoms with Crippen LogP contribution in [0.2, 0.25) is 0 Å². The lowest BCUT2D eigenvalue weighted by Gasteiger charge is -2.08. The number of anilines is 1. The van der Waals surface area contributed by atoms with Crippen molar-refractivity contribution < 1.29 is 9.21 Å².